The Hall–Kier alpha value is -1.56. The molecule has 0 aliphatic carbocycles. The molecule has 20 heavy (non-hydrogen) atoms. The van der Waals surface area contributed by atoms with Crippen molar-refractivity contribution >= 4 is 34.5 Å². The van der Waals surface area contributed by atoms with E-state index in [0.29, 0.717) is 27.5 Å². The van der Waals surface area contributed by atoms with Crippen molar-refractivity contribution in [3.63, 3.8) is 0 Å². The second-order valence-electron chi connectivity index (χ2n) is 3.83. The van der Waals surface area contributed by atoms with Crippen LogP contribution in [0.25, 0.3) is 10.7 Å². The van der Waals surface area contributed by atoms with Crippen LogP contribution in [0.4, 0.5) is 0 Å². The van der Waals surface area contributed by atoms with Crippen LogP contribution >= 0.6 is 34.5 Å². The Balaban J connectivity index is 1.71. The smallest absolute Gasteiger partial charge is 0.264 e. The average Bonchev–Trinajstić information content (AvgIpc) is 3.10. The van der Waals surface area contributed by atoms with Crippen LogP contribution < -0.4 is 4.74 Å². The normalized spacial score (nSPS) is 10.7. The van der Waals surface area contributed by atoms with Crippen molar-refractivity contribution in [2.24, 2.45) is 0 Å². The summed E-state index contributed by atoms with van der Waals surface area (Å²) < 4.78 is 10.6. The maximum absolute atomic E-state index is 6.02. The Kier molecular flexibility index (Phi) is 3.91. The highest BCUT2D eigenvalue weighted by atomic mass is 35.5. The number of aromatic nitrogens is 2. The molecular formula is C13H8Cl2N2O2S. The molecule has 0 unspecified atom stereocenters. The van der Waals surface area contributed by atoms with Crippen molar-refractivity contribution < 1.29 is 9.26 Å². The molecule has 0 aliphatic heterocycles. The molecule has 0 radical (unpaired) electrons. The van der Waals surface area contributed by atoms with Gasteiger partial charge in [-0.15, -0.1) is 11.3 Å². The summed E-state index contributed by atoms with van der Waals surface area (Å²) in [6.07, 6.45) is 0. The Morgan fingerprint density at radius 1 is 1.20 bits per heavy atom. The first-order valence-electron chi connectivity index (χ1n) is 5.67. The predicted octanol–water partition coefficient (Wildman–Crippen LogP) is 4.68. The molecule has 0 aliphatic rings. The fourth-order valence-electron chi connectivity index (χ4n) is 1.55. The van der Waals surface area contributed by atoms with Crippen LogP contribution in [0.5, 0.6) is 5.75 Å². The number of nitrogens with zero attached hydrogens (tertiary/aromatic N) is 2. The molecule has 0 saturated heterocycles. The molecule has 102 valence electrons. The van der Waals surface area contributed by atoms with Gasteiger partial charge in [0.2, 0.25) is 5.82 Å². The van der Waals surface area contributed by atoms with E-state index in [4.69, 9.17) is 32.5 Å². The van der Waals surface area contributed by atoms with E-state index in [1.165, 1.54) is 0 Å². The summed E-state index contributed by atoms with van der Waals surface area (Å²) in [7, 11) is 0. The van der Waals surface area contributed by atoms with Gasteiger partial charge in [-0.25, -0.2) is 0 Å². The van der Waals surface area contributed by atoms with E-state index in [9.17, 15) is 0 Å². The fourth-order valence-corrected chi connectivity index (χ4v) is 2.55. The van der Waals surface area contributed by atoms with Crippen molar-refractivity contribution in [3.8, 4) is 16.5 Å². The minimum Gasteiger partial charge on any atom is -0.482 e. The lowest BCUT2D eigenvalue weighted by molar-refractivity contribution is 0.243. The maximum Gasteiger partial charge on any atom is 0.264 e. The van der Waals surface area contributed by atoms with Gasteiger partial charge in [0.25, 0.3) is 5.89 Å². The van der Waals surface area contributed by atoms with Crippen LogP contribution in [0, 0.1) is 0 Å². The van der Waals surface area contributed by atoms with Gasteiger partial charge in [-0.3, -0.25) is 0 Å². The van der Waals surface area contributed by atoms with Gasteiger partial charge in [0.15, 0.2) is 6.61 Å². The number of ether oxygens (including phenoxy) is 1. The van der Waals surface area contributed by atoms with Crippen LogP contribution in [-0.2, 0) is 6.61 Å². The molecule has 0 spiro atoms. The van der Waals surface area contributed by atoms with E-state index in [1.54, 1.807) is 29.5 Å². The van der Waals surface area contributed by atoms with E-state index < -0.39 is 0 Å². The largest absolute Gasteiger partial charge is 0.482 e. The minimum absolute atomic E-state index is 0.137. The van der Waals surface area contributed by atoms with E-state index in [1.807, 2.05) is 17.5 Å². The maximum atomic E-state index is 6.02. The molecule has 0 saturated carbocycles. The van der Waals surface area contributed by atoms with Gasteiger partial charge >= 0.3 is 0 Å². The standard InChI is InChI=1S/C13H8Cl2N2O2S/c14-8-3-1-4-9(12(8)15)18-7-11-16-13(17-19-11)10-5-2-6-20-10/h1-6H,7H2. The molecule has 0 atom stereocenters. The van der Waals surface area contributed by atoms with Crippen molar-refractivity contribution in [2.75, 3.05) is 0 Å². The minimum atomic E-state index is 0.137. The van der Waals surface area contributed by atoms with Crippen molar-refractivity contribution in [1.29, 1.82) is 0 Å². The molecule has 0 N–H and O–H groups in total. The van der Waals surface area contributed by atoms with E-state index >= 15 is 0 Å². The summed E-state index contributed by atoms with van der Waals surface area (Å²) in [6, 6.07) is 9.03. The SMILES string of the molecule is Clc1cccc(OCc2nc(-c3cccs3)no2)c1Cl. The molecule has 2 aromatic heterocycles. The van der Waals surface area contributed by atoms with E-state index in [-0.39, 0.29) is 6.61 Å². The average molecular weight is 327 g/mol. The number of hydrogen-bond acceptors (Lipinski definition) is 5. The lowest BCUT2D eigenvalue weighted by atomic mass is 10.3. The summed E-state index contributed by atoms with van der Waals surface area (Å²) in [4.78, 5) is 5.20. The van der Waals surface area contributed by atoms with Gasteiger partial charge in [0.05, 0.1) is 9.90 Å². The molecule has 0 amide bonds. The fraction of sp³-hybridized carbons (Fsp3) is 0.0769. The molecule has 2 heterocycles. The number of halogens is 2. The van der Waals surface area contributed by atoms with Crippen LogP contribution in [0.3, 0.4) is 0 Å². The zero-order chi connectivity index (χ0) is 13.9. The lowest BCUT2D eigenvalue weighted by Crippen LogP contribution is -1.96. The molecule has 1 aromatic carbocycles. The number of benzene rings is 1. The quantitative estimate of drug-likeness (QED) is 0.698. The van der Waals surface area contributed by atoms with Crippen molar-refractivity contribution in [3.05, 3.63) is 51.6 Å². The Morgan fingerprint density at radius 3 is 2.90 bits per heavy atom. The third-order valence-electron chi connectivity index (χ3n) is 2.48. The Labute approximate surface area is 128 Å². The topological polar surface area (TPSA) is 48.2 Å². The van der Waals surface area contributed by atoms with Crippen LogP contribution in [0.2, 0.25) is 10.0 Å². The van der Waals surface area contributed by atoms with Gasteiger partial charge in [-0.1, -0.05) is 40.5 Å². The highest BCUT2D eigenvalue weighted by Crippen LogP contribution is 2.32. The highest BCUT2D eigenvalue weighted by Gasteiger charge is 2.11. The zero-order valence-electron chi connectivity index (χ0n) is 10.0. The van der Waals surface area contributed by atoms with E-state index in [2.05, 4.69) is 10.1 Å². The first-order valence-corrected chi connectivity index (χ1v) is 7.31. The van der Waals surface area contributed by atoms with Gasteiger partial charge in [0, 0.05) is 0 Å². The van der Waals surface area contributed by atoms with Crippen molar-refractivity contribution in [1.82, 2.24) is 10.1 Å². The molecule has 4 nitrogen and oxygen atoms in total. The third-order valence-corrected chi connectivity index (χ3v) is 4.14. The molecule has 3 aromatic rings. The summed E-state index contributed by atoms with van der Waals surface area (Å²) in [5.74, 6) is 1.41. The zero-order valence-corrected chi connectivity index (χ0v) is 12.4. The van der Waals surface area contributed by atoms with E-state index in [0.717, 1.165) is 4.88 Å². The van der Waals surface area contributed by atoms with Crippen LogP contribution in [0.15, 0.2) is 40.2 Å². The monoisotopic (exact) mass is 326 g/mol. The van der Waals surface area contributed by atoms with Gasteiger partial charge in [0.1, 0.15) is 10.8 Å². The Morgan fingerprint density at radius 2 is 2.10 bits per heavy atom. The number of rotatable bonds is 4. The van der Waals surface area contributed by atoms with Gasteiger partial charge < -0.3 is 9.26 Å². The number of hydrogen-bond donors (Lipinski definition) is 0. The lowest BCUT2D eigenvalue weighted by Gasteiger charge is -2.05. The molecule has 7 heteroatoms. The molecular weight excluding hydrogens is 319 g/mol. The third kappa shape index (κ3) is 2.80. The Bertz CT molecular complexity index is 713. The van der Waals surface area contributed by atoms with Crippen LogP contribution in [-0.4, -0.2) is 10.1 Å². The van der Waals surface area contributed by atoms with Crippen molar-refractivity contribution in [2.45, 2.75) is 6.61 Å². The first-order chi connectivity index (χ1) is 9.74. The first kappa shape index (κ1) is 13.4. The van der Waals surface area contributed by atoms with Gasteiger partial charge in [-0.05, 0) is 23.6 Å². The number of thiophene rings is 1. The second-order valence-corrected chi connectivity index (χ2v) is 5.56. The summed E-state index contributed by atoms with van der Waals surface area (Å²) in [6.45, 7) is 0.137. The summed E-state index contributed by atoms with van der Waals surface area (Å²) in [5.41, 5.74) is 0. The summed E-state index contributed by atoms with van der Waals surface area (Å²) >= 11 is 13.5. The molecule has 0 fully saturated rings. The predicted molar refractivity (Wildman–Crippen MR) is 78.4 cm³/mol. The summed E-state index contributed by atoms with van der Waals surface area (Å²) in [5, 5.41) is 6.65. The molecule has 3 rings (SSSR count). The molecule has 0 bridgehead atoms. The van der Waals surface area contributed by atoms with Gasteiger partial charge in [-0.2, -0.15) is 4.98 Å². The second kappa shape index (κ2) is 5.83. The highest BCUT2D eigenvalue weighted by molar-refractivity contribution is 7.13. The van der Waals surface area contributed by atoms with Crippen LogP contribution in [0.1, 0.15) is 5.89 Å².